The Morgan fingerprint density at radius 2 is 2.24 bits per heavy atom. The van der Waals surface area contributed by atoms with Crippen LogP contribution in [0.3, 0.4) is 0 Å². The molecule has 4 nitrogen and oxygen atoms in total. The van der Waals surface area contributed by atoms with Crippen LogP contribution in [0.5, 0.6) is 0 Å². The van der Waals surface area contributed by atoms with Crippen molar-refractivity contribution in [3.8, 4) is 0 Å². The van der Waals surface area contributed by atoms with Crippen molar-refractivity contribution in [3.63, 3.8) is 0 Å². The number of rotatable bonds is 6. The van der Waals surface area contributed by atoms with Crippen LogP contribution in [0.25, 0.3) is 0 Å². The van der Waals surface area contributed by atoms with Crippen LogP contribution in [-0.2, 0) is 4.79 Å². The van der Waals surface area contributed by atoms with E-state index in [1.807, 2.05) is 0 Å². The highest BCUT2D eigenvalue weighted by atomic mass is 16.2. The van der Waals surface area contributed by atoms with Gasteiger partial charge in [0.25, 0.3) is 0 Å². The molecular formula is C13H27N3O. The van der Waals surface area contributed by atoms with Gasteiger partial charge in [0.15, 0.2) is 0 Å². The lowest BCUT2D eigenvalue weighted by atomic mass is 10.1. The van der Waals surface area contributed by atoms with Crippen molar-refractivity contribution in [1.29, 1.82) is 0 Å². The lowest BCUT2D eigenvalue weighted by molar-refractivity contribution is -0.122. The molecule has 1 aliphatic rings. The number of nitrogens with zero attached hydrogens (tertiary/aromatic N) is 1. The minimum atomic E-state index is 0.176. The van der Waals surface area contributed by atoms with Gasteiger partial charge in [-0.15, -0.1) is 0 Å². The number of unbranched alkanes of at least 4 members (excludes halogenated alkanes) is 1. The van der Waals surface area contributed by atoms with E-state index in [9.17, 15) is 4.79 Å². The Labute approximate surface area is 105 Å². The van der Waals surface area contributed by atoms with Crippen molar-refractivity contribution in [2.24, 2.45) is 0 Å². The Balaban J connectivity index is 2.18. The first kappa shape index (κ1) is 14.5. The number of hydrogen-bond donors (Lipinski definition) is 2. The predicted octanol–water partition coefficient (Wildman–Crippen LogP) is 0.977. The summed E-state index contributed by atoms with van der Waals surface area (Å²) in [7, 11) is 0. The highest BCUT2D eigenvalue weighted by Crippen LogP contribution is 2.00. The number of carbonyl (C=O) groups excluding carboxylic acids is 1. The molecule has 1 saturated heterocycles. The molecule has 100 valence electrons. The second-order valence-corrected chi connectivity index (χ2v) is 4.99. The minimum Gasteiger partial charge on any atom is -0.353 e. The fourth-order valence-corrected chi connectivity index (χ4v) is 2.17. The van der Waals surface area contributed by atoms with Crippen LogP contribution in [-0.4, -0.2) is 49.6 Å². The molecule has 0 aromatic carbocycles. The maximum Gasteiger partial charge on any atom is 0.234 e. The molecule has 0 radical (unpaired) electrons. The summed E-state index contributed by atoms with van der Waals surface area (Å²) in [4.78, 5) is 14.1. The molecule has 1 unspecified atom stereocenters. The predicted molar refractivity (Wildman–Crippen MR) is 71.1 cm³/mol. The molecule has 1 atom stereocenters. The molecule has 17 heavy (non-hydrogen) atoms. The van der Waals surface area contributed by atoms with Crippen molar-refractivity contribution in [2.75, 3.05) is 32.7 Å². The van der Waals surface area contributed by atoms with Crippen LogP contribution >= 0.6 is 0 Å². The Bertz CT molecular complexity index is 213. The molecule has 0 spiro atoms. The Hall–Kier alpha value is -0.610. The van der Waals surface area contributed by atoms with Gasteiger partial charge in [0, 0.05) is 19.1 Å². The standard InChI is InChI=1S/C13H27N3O/c1-3-4-6-12(2)15-13(17)11-16-9-5-7-14-8-10-16/h12,14H,3-11H2,1-2H3,(H,15,17). The summed E-state index contributed by atoms with van der Waals surface area (Å²) in [5, 5.41) is 6.43. The molecule has 1 rings (SSSR count). The van der Waals surface area contributed by atoms with Crippen LogP contribution in [0.15, 0.2) is 0 Å². The quantitative estimate of drug-likeness (QED) is 0.728. The first-order chi connectivity index (χ1) is 8.22. The zero-order chi connectivity index (χ0) is 12.5. The SMILES string of the molecule is CCCCC(C)NC(=O)CN1CCCNCC1. The van der Waals surface area contributed by atoms with Gasteiger partial charge in [-0.3, -0.25) is 9.69 Å². The van der Waals surface area contributed by atoms with Crippen molar-refractivity contribution >= 4 is 5.91 Å². The van der Waals surface area contributed by atoms with Gasteiger partial charge in [-0.2, -0.15) is 0 Å². The molecule has 0 aromatic rings. The van der Waals surface area contributed by atoms with Gasteiger partial charge in [0.2, 0.25) is 5.91 Å². The van der Waals surface area contributed by atoms with Crippen LogP contribution in [0.4, 0.5) is 0 Å². The van der Waals surface area contributed by atoms with E-state index >= 15 is 0 Å². The smallest absolute Gasteiger partial charge is 0.234 e. The minimum absolute atomic E-state index is 0.176. The van der Waals surface area contributed by atoms with Gasteiger partial charge < -0.3 is 10.6 Å². The molecule has 1 amide bonds. The van der Waals surface area contributed by atoms with E-state index in [1.54, 1.807) is 0 Å². The molecule has 0 bridgehead atoms. The summed E-state index contributed by atoms with van der Waals surface area (Å²) >= 11 is 0. The summed E-state index contributed by atoms with van der Waals surface area (Å²) < 4.78 is 0. The van der Waals surface area contributed by atoms with Gasteiger partial charge in [-0.05, 0) is 32.9 Å². The van der Waals surface area contributed by atoms with Crippen molar-refractivity contribution in [1.82, 2.24) is 15.5 Å². The maximum atomic E-state index is 11.8. The third-order valence-electron chi connectivity index (χ3n) is 3.20. The topological polar surface area (TPSA) is 44.4 Å². The Morgan fingerprint density at radius 1 is 1.41 bits per heavy atom. The first-order valence-corrected chi connectivity index (χ1v) is 6.94. The Kier molecular flexibility index (Phi) is 7.21. The molecule has 4 heteroatoms. The van der Waals surface area contributed by atoms with Gasteiger partial charge in [0.1, 0.15) is 0 Å². The van der Waals surface area contributed by atoms with E-state index < -0.39 is 0 Å². The average molecular weight is 241 g/mol. The van der Waals surface area contributed by atoms with Crippen LogP contribution in [0, 0.1) is 0 Å². The third kappa shape index (κ3) is 6.64. The highest BCUT2D eigenvalue weighted by molar-refractivity contribution is 5.78. The zero-order valence-electron chi connectivity index (χ0n) is 11.3. The van der Waals surface area contributed by atoms with E-state index in [1.165, 1.54) is 12.8 Å². The highest BCUT2D eigenvalue weighted by Gasteiger charge is 2.13. The third-order valence-corrected chi connectivity index (χ3v) is 3.20. The van der Waals surface area contributed by atoms with Crippen LogP contribution in [0.2, 0.25) is 0 Å². The monoisotopic (exact) mass is 241 g/mol. The van der Waals surface area contributed by atoms with Crippen LogP contribution < -0.4 is 10.6 Å². The maximum absolute atomic E-state index is 11.8. The number of nitrogens with one attached hydrogen (secondary N) is 2. The summed E-state index contributed by atoms with van der Waals surface area (Å²) in [6, 6.07) is 0.313. The van der Waals surface area contributed by atoms with Crippen molar-refractivity contribution < 1.29 is 4.79 Å². The molecule has 0 aliphatic carbocycles. The summed E-state index contributed by atoms with van der Waals surface area (Å²) in [5.74, 6) is 0.176. The van der Waals surface area contributed by atoms with E-state index in [0.717, 1.165) is 39.0 Å². The van der Waals surface area contributed by atoms with Crippen molar-refractivity contribution in [2.45, 2.75) is 45.6 Å². The number of carbonyl (C=O) groups is 1. The first-order valence-electron chi connectivity index (χ1n) is 6.94. The average Bonchev–Trinajstić information content (AvgIpc) is 2.54. The molecule has 2 N–H and O–H groups in total. The largest absolute Gasteiger partial charge is 0.353 e. The van der Waals surface area contributed by atoms with Gasteiger partial charge in [0.05, 0.1) is 6.54 Å². The van der Waals surface area contributed by atoms with E-state index in [2.05, 4.69) is 29.4 Å². The fraction of sp³-hybridized carbons (Fsp3) is 0.923. The van der Waals surface area contributed by atoms with Crippen molar-refractivity contribution in [3.05, 3.63) is 0 Å². The molecule has 1 aliphatic heterocycles. The van der Waals surface area contributed by atoms with Gasteiger partial charge in [-0.1, -0.05) is 19.8 Å². The molecule has 1 fully saturated rings. The summed E-state index contributed by atoms with van der Waals surface area (Å²) in [6.07, 6.45) is 4.61. The Morgan fingerprint density at radius 3 is 3.00 bits per heavy atom. The number of hydrogen-bond acceptors (Lipinski definition) is 3. The molecular weight excluding hydrogens is 214 g/mol. The van der Waals surface area contributed by atoms with E-state index in [-0.39, 0.29) is 5.91 Å². The fourth-order valence-electron chi connectivity index (χ4n) is 2.17. The lowest BCUT2D eigenvalue weighted by Gasteiger charge is -2.20. The molecule has 0 saturated carbocycles. The van der Waals surface area contributed by atoms with E-state index in [4.69, 9.17) is 0 Å². The van der Waals surface area contributed by atoms with Gasteiger partial charge >= 0.3 is 0 Å². The number of amides is 1. The van der Waals surface area contributed by atoms with Crippen LogP contribution in [0.1, 0.15) is 39.5 Å². The summed E-state index contributed by atoms with van der Waals surface area (Å²) in [6.45, 7) is 8.92. The van der Waals surface area contributed by atoms with E-state index in [0.29, 0.717) is 12.6 Å². The second kappa shape index (κ2) is 8.48. The lowest BCUT2D eigenvalue weighted by Crippen LogP contribution is -2.42. The van der Waals surface area contributed by atoms with Gasteiger partial charge in [-0.25, -0.2) is 0 Å². The summed E-state index contributed by atoms with van der Waals surface area (Å²) in [5.41, 5.74) is 0. The second-order valence-electron chi connectivity index (χ2n) is 4.99. The normalized spacial score (nSPS) is 19.6. The zero-order valence-corrected chi connectivity index (χ0v) is 11.3. The molecule has 0 aromatic heterocycles. The molecule has 1 heterocycles.